The molecule has 2 rings (SSSR count). The maximum absolute atomic E-state index is 12.2. The molecule has 5 nitrogen and oxygen atoms in total. The highest BCUT2D eigenvalue weighted by Crippen LogP contribution is 2.19. The Hall–Kier alpha value is -2.08. The summed E-state index contributed by atoms with van der Waals surface area (Å²) in [6, 6.07) is 6.99. The van der Waals surface area contributed by atoms with Crippen LogP contribution in [0.2, 0.25) is 0 Å². The maximum atomic E-state index is 12.2. The molecular weight excluding hydrogens is 334 g/mol. The quantitative estimate of drug-likeness (QED) is 0.895. The van der Waals surface area contributed by atoms with Crippen molar-refractivity contribution >= 4 is 33.2 Å². The number of aryl methyl sites for hydroxylation is 1. The van der Waals surface area contributed by atoms with Crippen molar-refractivity contribution in [2.45, 2.75) is 6.92 Å². The minimum absolute atomic E-state index is 0.212. The van der Waals surface area contributed by atoms with Crippen LogP contribution in [0.25, 0.3) is 0 Å². The Morgan fingerprint density at radius 1 is 1.29 bits per heavy atom. The average molecular weight is 350 g/mol. The van der Waals surface area contributed by atoms with Crippen LogP contribution < -0.4 is 15.8 Å². The van der Waals surface area contributed by atoms with E-state index >= 15 is 0 Å². The number of carbonyl (C=O) groups is 1. The van der Waals surface area contributed by atoms with Crippen LogP contribution in [0.15, 0.2) is 39.7 Å². The lowest BCUT2D eigenvalue weighted by atomic mass is 10.1. The van der Waals surface area contributed by atoms with Gasteiger partial charge >= 0.3 is 0 Å². The molecule has 0 atom stereocenters. The molecule has 1 heterocycles. The Balaban J connectivity index is 2.27. The van der Waals surface area contributed by atoms with Gasteiger partial charge in [0.05, 0.1) is 0 Å². The van der Waals surface area contributed by atoms with Crippen molar-refractivity contribution in [1.29, 1.82) is 0 Å². The number of rotatable bonds is 3. The predicted octanol–water partition coefficient (Wildman–Crippen LogP) is 2.76. The zero-order chi connectivity index (χ0) is 15.6. The summed E-state index contributed by atoms with van der Waals surface area (Å²) in [5, 5.41) is 2.62. The highest BCUT2D eigenvalue weighted by Gasteiger charge is 2.11. The predicted molar refractivity (Wildman–Crippen MR) is 88.2 cm³/mol. The van der Waals surface area contributed by atoms with Gasteiger partial charge in [0.25, 0.3) is 11.5 Å². The van der Waals surface area contributed by atoms with Crippen molar-refractivity contribution in [3.8, 4) is 0 Å². The zero-order valence-electron chi connectivity index (χ0n) is 12.0. The molecule has 0 aliphatic heterocycles. The third-order valence-electron chi connectivity index (χ3n) is 3.06. The van der Waals surface area contributed by atoms with E-state index < -0.39 is 0 Å². The van der Waals surface area contributed by atoms with Gasteiger partial charge in [0.15, 0.2) is 0 Å². The summed E-state index contributed by atoms with van der Waals surface area (Å²) in [6.45, 7) is 1.94. The highest BCUT2D eigenvalue weighted by molar-refractivity contribution is 9.10. The molecule has 1 amide bonds. The summed E-state index contributed by atoms with van der Waals surface area (Å²) >= 11 is 3.25. The number of hydrogen-bond acceptors (Lipinski definition) is 3. The summed E-state index contributed by atoms with van der Waals surface area (Å²) < 4.78 is 0.691. The van der Waals surface area contributed by atoms with Gasteiger partial charge in [-0.15, -0.1) is 0 Å². The lowest BCUT2D eigenvalue weighted by Gasteiger charge is -2.16. The number of carbonyl (C=O) groups excluding carboxylic acids is 1. The summed E-state index contributed by atoms with van der Waals surface area (Å²) in [5.74, 6) is -0.313. The van der Waals surface area contributed by atoms with Crippen LogP contribution in [0, 0.1) is 6.92 Å². The number of benzene rings is 1. The molecule has 0 saturated heterocycles. The van der Waals surface area contributed by atoms with E-state index in [1.807, 2.05) is 32.0 Å². The van der Waals surface area contributed by atoms with E-state index in [9.17, 15) is 9.59 Å². The second-order valence-electron chi connectivity index (χ2n) is 4.91. The smallest absolute Gasteiger partial charge is 0.271 e. The number of hydrogen-bond donors (Lipinski definition) is 2. The first-order valence-corrected chi connectivity index (χ1v) is 7.15. The van der Waals surface area contributed by atoms with E-state index in [1.165, 1.54) is 6.20 Å². The van der Waals surface area contributed by atoms with Gasteiger partial charge in [-0.25, -0.2) is 0 Å². The van der Waals surface area contributed by atoms with E-state index in [4.69, 9.17) is 0 Å². The molecule has 21 heavy (non-hydrogen) atoms. The topological polar surface area (TPSA) is 65.2 Å². The highest BCUT2D eigenvalue weighted by atomic mass is 79.9. The normalized spacial score (nSPS) is 10.3. The molecule has 6 heteroatoms. The van der Waals surface area contributed by atoms with E-state index in [1.54, 1.807) is 18.2 Å². The lowest BCUT2D eigenvalue weighted by molar-refractivity contribution is 0.102. The Bertz CT molecular complexity index is 738. The number of aromatic amines is 1. The number of halogens is 1. The molecule has 0 bridgehead atoms. The summed E-state index contributed by atoms with van der Waals surface area (Å²) in [7, 11) is 3.90. The second-order valence-corrected chi connectivity index (χ2v) is 5.83. The van der Waals surface area contributed by atoms with Crippen molar-refractivity contribution < 1.29 is 4.79 Å². The van der Waals surface area contributed by atoms with Gasteiger partial charge in [0.2, 0.25) is 0 Å². The Morgan fingerprint density at radius 3 is 2.62 bits per heavy atom. The molecule has 0 spiro atoms. The zero-order valence-corrected chi connectivity index (χ0v) is 13.6. The summed E-state index contributed by atoms with van der Waals surface area (Å²) in [5.41, 5.74) is 2.43. The molecule has 1 aromatic heterocycles. The van der Waals surface area contributed by atoms with E-state index in [2.05, 4.69) is 26.2 Å². The Morgan fingerprint density at radius 2 is 2.00 bits per heavy atom. The molecule has 0 aliphatic carbocycles. The Labute approximate surface area is 131 Å². The van der Waals surface area contributed by atoms with Gasteiger partial charge in [-0.3, -0.25) is 9.59 Å². The van der Waals surface area contributed by atoms with Crippen LogP contribution in [0.3, 0.4) is 0 Å². The largest absolute Gasteiger partial charge is 0.377 e. The molecule has 2 aromatic rings. The van der Waals surface area contributed by atoms with Gasteiger partial charge in [-0.1, -0.05) is 0 Å². The van der Waals surface area contributed by atoms with E-state index in [-0.39, 0.29) is 17.2 Å². The van der Waals surface area contributed by atoms with Gasteiger partial charge in [-0.05, 0) is 52.7 Å². The summed E-state index contributed by atoms with van der Waals surface area (Å²) in [4.78, 5) is 28.4. The van der Waals surface area contributed by atoms with Gasteiger partial charge in [0.1, 0.15) is 5.69 Å². The SMILES string of the molecule is Cc1cc(C(=O)Nc2cc(Br)c[nH]c2=O)ccc1N(C)C. The summed E-state index contributed by atoms with van der Waals surface area (Å²) in [6.07, 6.45) is 1.52. The van der Waals surface area contributed by atoms with Crippen molar-refractivity contribution in [3.63, 3.8) is 0 Å². The molecule has 0 saturated carbocycles. The number of nitrogens with zero attached hydrogens (tertiary/aromatic N) is 1. The van der Waals surface area contributed by atoms with Crippen LogP contribution in [-0.2, 0) is 0 Å². The fraction of sp³-hybridized carbons (Fsp3) is 0.200. The molecule has 1 aromatic carbocycles. The molecule has 2 N–H and O–H groups in total. The molecule has 0 unspecified atom stereocenters. The van der Waals surface area contributed by atoms with Crippen LogP contribution in [0.4, 0.5) is 11.4 Å². The van der Waals surface area contributed by atoms with Crippen molar-refractivity contribution in [2.75, 3.05) is 24.3 Å². The molecule has 0 aliphatic rings. The maximum Gasteiger partial charge on any atom is 0.271 e. The number of amides is 1. The standard InChI is InChI=1S/C15H16BrN3O2/c1-9-6-10(4-5-13(9)19(2)3)14(20)18-12-7-11(16)8-17-15(12)21/h4-8H,1-3H3,(H,17,21)(H,18,20). The lowest BCUT2D eigenvalue weighted by Crippen LogP contribution is -2.20. The minimum Gasteiger partial charge on any atom is -0.377 e. The molecule has 0 fully saturated rings. The minimum atomic E-state index is -0.340. The molecular formula is C15H16BrN3O2. The second kappa shape index (κ2) is 6.13. The first kappa shape index (κ1) is 15.3. The van der Waals surface area contributed by atoms with Crippen LogP contribution in [-0.4, -0.2) is 25.0 Å². The fourth-order valence-electron chi connectivity index (χ4n) is 2.04. The number of H-pyrrole nitrogens is 1. The number of nitrogens with one attached hydrogen (secondary N) is 2. The molecule has 110 valence electrons. The van der Waals surface area contributed by atoms with Crippen LogP contribution >= 0.6 is 15.9 Å². The average Bonchev–Trinajstić information content (AvgIpc) is 2.42. The molecule has 0 radical (unpaired) electrons. The monoisotopic (exact) mass is 349 g/mol. The van der Waals surface area contributed by atoms with E-state index in [0.717, 1.165) is 11.3 Å². The van der Waals surface area contributed by atoms with Gasteiger partial charge in [-0.2, -0.15) is 0 Å². The number of aromatic nitrogens is 1. The van der Waals surface area contributed by atoms with E-state index in [0.29, 0.717) is 10.0 Å². The Kier molecular flexibility index (Phi) is 4.47. The van der Waals surface area contributed by atoms with Crippen LogP contribution in [0.5, 0.6) is 0 Å². The fourth-order valence-corrected chi connectivity index (χ4v) is 2.39. The number of anilines is 2. The number of pyridine rings is 1. The third kappa shape index (κ3) is 3.52. The van der Waals surface area contributed by atoms with Crippen LogP contribution in [0.1, 0.15) is 15.9 Å². The first-order valence-electron chi connectivity index (χ1n) is 6.36. The van der Waals surface area contributed by atoms with Crippen molar-refractivity contribution in [2.24, 2.45) is 0 Å². The van der Waals surface area contributed by atoms with Gasteiger partial charge < -0.3 is 15.2 Å². The third-order valence-corrected chi connectivity index (χ3v) is 3.51. The van der Waals surface area contributed by atoms with Crippen molar-refractivity contribution in [3.05, 3.63) is 56.4 Å². The first-order chi connectivity index (χ1) is 9.88. The van der Waals surface area contributed by atoms with Gasteiger partial charge in [0, 0.05) is 36.0 Å². The van der Waals surface area contributed by atoms with Crippen molar-refractivity contribution in [1.82, 2.24) is 4.98 Å².